The number of nitrogens with one attached hydrogen (secondary N) is 2. The second-order valence-corrected chi connectivity index (χ2v) is 4.41. The van der Waals surface area contributed by atoms with Crippen molar-refractivity contribution >= 4 is 17.6 Å². The largest absolute Gasteiger partial charge is 0.494 e. The molecule has 0 radical (unpaired) electrons. The quantitative estimate of drug-likeness (QED) is 0.768. The lowest BCUT2D eigenvalue weighted by Gasteiger charge is -2.18. The highest BCUT2D eigenvalue weighted by Crippen LogP contribution is 2.39. The lowest BCUT2D eigenvalue weighted by Crippen LogP contribution is -2.19. The highest BCUT2D eigenvalue weighted by atomic mass is 32.2. The number of fused-ring (bicyclic) bond motifs is 2. The van der Waals surface area contributed by atoms with Gasteiger partial charge in [0.05, 0.1) is 17.2 Å². The van der Waals surface area contributed by atoms with Crippen LogP contribution in [0.5, 0.6) is 11.5 Å². The van der Waals surface area contributed by atoms with Crippen LogP contribution in [-0.2, 0) is 0 Å². The Bertz CT molecular complexity index is 459. The first-order chi connectivity index (χ1) is 7.88. The summed E-state index contributed by atoms with van der Waals surface area (Å²) in [4.78, 5) is 4.22. The van der Waals surface area contributed by atoms with Crippen molar-refractivity contribution in [2.75, 3.05) is 13.2 Å². The number of hydrazine groups is 1. The van der Waals surface area contributed by atoms with Gasteiger partial charge in [0.15, 0.2) is 0 Å². The van der Waals surface area contributed by atoms with E-state index in [4.69, 9.17) is 9.47 Å². The molecule has 0 bridgehead atoms. The summed E-state index contributed by atoms with van der Waals surface area (Å²) in [6.45, 7) is 3.25. The van der Waals surface area contributed by atoms with Gasteiger partial charge >= 0.3 is 0 Å². The molecule has 5 heteroatoms. The minimum absolute atomic E-state index is 0.614. The maximum Gasteiger partial charge on any atom is 0.132 e. The van der Waals surface area contributed by atoms with Crippen LogP contribution in [0.3, 0.4) is 0 Å². The van der Waals surface area contributed by atoms with Gasteiger partial charge in [-0.1, -0.05) is 0 Å². The summed E-state index contributed by atoms with van der Waals surface area (Å²) >= 11 is 1.57. The molecular formula is C11H12N2O2S. The molecule has 2 aliphatic rings. The summed E-state index contributed by atoms with van der Waals surface area (Å²) in [5.41, 5.74) is 5.34. The zero-order valence-electron chi connectivity index (χ0n) is 8.87. The number of hydrogen-bond donors (Lipinski definition) is 2. The van der Waals surface area contributed by atoms with Crippen molar-refractivity contribution in [3.05, 3.63) is 28.7 Å². The standard InChI is InChI=1S/C11H12N2O2S/c1-2-14-7-3-4-8-9(5-7)15-6-10-11(8)12-13-16-10/h3-5,12-13H,2,6H2,1H3. The molecule has 2 N–H and O–H groups in total. The van der Waals surface area contributed by atoms with Crippen LogP contribution in [0.1, 0.15) is 12.5 Å². The normalized spacial score (nSPS) is 17.3. The van der Waals surface area contributed by atoms with E-state index < -0.39 is 0 Å². The lowest BCUT2D eigenvalue weighted by atomic mass is 10.1. The van der Waals surface area contributed by atoms with Gasteiger partial charge < -0.3 is 14.9 Å². The zero-order chi connectivity index (χ0) is 11.0. The first kappa shape index (κ1) is 9.86. The average Bonchev–Trinajstić information content (AvgIpc) is 2.77. The topological polar surface area (TPSA) is 42.5 Å². The SMILES string of the molecule is CCOc1ccc2c(c1)OCC1=C2NNS1. The Hall–Kier alpha value is -1.33. The fourth-order valence-electron chi connectivity index (χ4n) is 1.81. The fourth-order valence-corrected chi connectivity index (χ4v) is 2.46. The Kier molecular flexibility index (Phi) is 2.41. The molecule has 0 amide bonds. The second kappa shape index (κ2) is 3.92. The van der Waals surface area contributed by atoms with Crippen molar-refractivity contribution in [3.63, 3.8) is 0 Å². The predicted molar refractivity (Wildman–Crippen MR) is 63.9 cm³/mol. The molecule has 0 saturated carbocycles. The van der Waals surface area contributed by atoms with E-state index in [0.717, 1.165) is 22.8 Å². The number of hydrogen-bond acceptors (Lipinski definition) is 5. The van der Waals surface area contributed by atoms with E-state index in [1.165, 1.54) is 4.91 Å². The van der Waals surface area contributed by atoms with Crippen LogP contribution in [0.25, 0.3) is 5.70 Å². The van der Waals surface area contributed by atoms with E-state index in [1.807, 2.05) is 25.1 Å². The smallest absolute Gasteiger partial charge is 0.132 e. The van der Waals surface area contributed by atoms with Crippen LogP contribution in [0.15, 0.2) is 23.1 Å². The van der Waals surface area contributed by atoms with Crippen LogP contribution < -0.4 is 19.7 Å². The molecule has 2 aliphatic heterocycles. The molecule has 16 heavy (non-hydrogen) atoms. The van der Waals surface area contributed by atoms with Gasteiger partial charge in [0.25, 0.3) is 0 Å². The van der Waals surface area contributed by atoms with E-state index in [9.17, 15) is 0 Å². The van der Waals surface area contributed by atoms with Gasteiger partial charge in [-0.05, 0) is 31.0 Å². The van der Waals surface area contributed by atoms with E-state index in [0.29, 0.717) is 13.2 Å². The van der Waals surface area contributed by atoms with Crippen molar-refractivity contribution in [3.8, 4) is 11.5 Å². The van der Waals surface area contributed by atoms with Crippen molar-refractivity contribution in [1.29, 1.82) is 0 Å². The zero-order valence-corrected chi connectivity index (χ0v) is 9.69. The van der Waals surface area contributed by atoms with Crippen LogP contribution in [0.2, 0.25) is 0 Å². The summed E-state index contributed by atoms with van der Waals surface area (Å²) in [5, 5.41) is 0. The van der Waals surface area contributed by atoms with Gasteiger partial charge in [-0.2, -0.15) is 4.83 Å². The third-order valence-corrected chi connectivity index (χ3v) is 3.29. The van der Waals surface area contributed by atoms with Crippen LogP contribution >= 0.6 is 11.9 Å². The lowest BCUT2D eigenvalue weighted by molar-refractivity contribution is 0.328. The molecule has 0 aromatic heterocycles. The molecule has 0 unspecified atom stereocenters. The van der Waals surface area contributed by atoms with Gasteiger partial charge in [0, 0.05) is 11.6 Å². The minimum atomic E-state index is 0.614. The van der Waals surface area contributed by atoms with Crippen molar-refractivity contribution in [1.82, 2.24) is 10.3 Å². The first-order valence-electron chi connectivity index (χ1n) is 5.19. The molecule has 1 aromatic rings. The maximum atomic E-state index is 5.69. The molecule has 3 rings (SSSR count). The van der Waals surface area contributed by atoms with Gasteiger partial charge in [-0.25, -0.2) is 0 Å². The Balaban J connectivity index is 2.00. The number of ether oxygens (including phenoxy) is 2. The maximum absolute atomic E-state index is 5.69. The summed E-state index contributed by atoms with van der Waals surface area (Å²) in [6.07, 6.45) is 0. The molecule has 4 nitrogen and oxygen atoms in total. The molecule has 0 atom stereocenters. The molecule has 0 saturated heterocycles. The Morgan fingerprint density at radius 2 is 2.44 bits per heavy atom. The molecular weight excluding hydrogens is 224 g/mol. The summed E-state index contributed by atoms with van der Waals surface area (Å²) < 4.78 is 11.1. The molecule has 0 fully saturated rings. The van der Waals surface area contributed by atoms with E-state index in [2.05, 4.69) is 10.3 Å². The molecule has 84 valence electrons. The third-order valence-electron chi connectivity index (χ3n) is 2.52. The number of benzene rings is 1. The van der Waals surface area contributed by atoms with Crippen LogP contribution in [0, 0.1) is 0 Å². The third kappa shape index (κ3) is 1.52. The molecule has 0 spiro atoms. The second-order valence-electron chi connectivity index (χ2n) is 3.51. The summed E-state index contributed by atoms with van der Waals surface area (Å²) in [7, 11) is 0. The van der Waals surface area contributed by atoms with E-state index in [-0.39, 0.29) is 0 Å². The molecule has 0 aliphatic carbocycles. The van der Waals surface area contributed by atoms with Crippen LogP contribution in [0.4, 0.5) is 0 Å². The monoisotopic (exact) mass is 236 g/mol. The molecule has 2 heterocycles. The average molecular weight is 236 g/mol. The summed E-state index contributed by atoms with van der Waals surface area (Å²) in [6, 6.07) is 5.93. The van der Waals surface area contributed by atoms with Gasteiger partial charge in [-0.3, -0.25) is 0 Å². The van der Waals surface area contributed by atoms with Crippen molar-refractivity contribution < 1.29 is 9.47 Å². The Labute approximate surface area is 98.1 Å². The van der Waals surface area contributed by atoms with E-state index >= 15 is 0 Å². The van der Waals surface area contributed by atoms with Crippen molar-refractivity contribution in [2.24, 2.45) is 0 Å². The highest BCUT2D eigenvalue weighted by molar-refractivity contribution is 8.01. The highest BCUT2D eigenvalue weighted by Gasteiger charge is 2.24. The number of rotatable bonds is 2. The van der Waals surface area contributed by atoms with Crippen molar-refractivity contribution in [2.45, 2.75) is 6.92 Å². The van der Waals surface area contributed by atoms with Gasteiger partial charge in [0.1, 0.15) is 18.1 Å². The summed E-state index contributed by atoms with van der Waals surface area (Å²) in [5.74, 6) is 1.73. The van der Waals surface area contributed by atoms with Gasteiger partial charge in [-0.15, -0.1) is 0 Å². The Morgan fingerprint density at radius 1 is 1.50 bits per heavy atom. The minimum Gasteiger partial charge on any atom is -0.494 e. The Morgan fingerprint density at radius 3 is 3.31 bits per heavy atom. The first-order valence-corrected chi connectivity index (χ1v) is 6.01. The van der Waals surface area contributed by atoms with E-state index in [1.54, 1.807) is 11.9 Å². The fraction of sp³-hybridized carbons (Fsp3) is 0.273. The van der Waals surface area contributed by atoms with Gasteiger partial charge in [0.2, 0.25) is 0 Å². The molecule has 1 aromatic carbocycles. The predicted octanol–water partition coefficient (Wildman–Crippen LogP) is 1.90. The van der Waals surface area contributed by atoms with Crippen LogP contribution in [-0.4, -0.2) is 13.2 Å².